The van der Waals surface area contributed by atoms with Gasteiger partial charge in [-0.05, 0) is 12.8 Å². The van der Waals surface area contributed by atoms with Crippen LogP contribution in [0.25, 0.3) is 16.3 Å². The van der Waals surface area contributed by atoms with Crippen molar-refractivity contribution < 1.29 is 4.79 Å². The van der Waals surface area contributed by atoms with E-state index >= 15 is 0 Å². The lowest BCUT2D eigenvalue weighted by atomic mass is 10.1. The second-order valence-corrected chi connectivity index (χ2v) is 7.08. The summed E-state index contributed by atoms with van der Waals surface area (Å²) >= 11 is 1.46. The van der Waals surface area contributed by atoms with Crippen LogP contribution in [-0.2, 0) is 4.79 Å². The first-order valence-electron chi connectivity index (χ1n) is 7.90. The molecule has 2 aromatic heterocycles. The van der Waals surface area contributed by atoms with Crippen LogP contribution in [0.2, 0.25) is 0 Å². The van der Waals surface area contributed by atoms with Crippen LogP contribution in [-0.4, -0.2) is 20.4 Å². The Kier molecular flexibility index (Phi) is 4.76. The maximum absolute atomic E-state index is 12.1. The molecule has 1 N–H and O–H groups in total. The van der Waals surface area contributed by atoms with Gasteiger partial charge in [-0.15, -0.1) is 0 Å². The minimum atomic E-state index is -0.00766. The number of hydrogen-bond donors (Lipinski definition) is 1. The maximum Gasteiger partial charge on any atom is 0.226 e. The van der Waals surface area contributed by atoms with E-state index < -0.39 is 0 Å². The fourth-order valence-corrected chi connectivity index (χ4v) is 3.35. The van der Waals surface area contributed by atoms with Crippen molar-refractivity contribution in [2.24, 2.45) is 5.92 Å². The van der Waals surface area contributed by atoms with Crippen LogP contribution in [0.4, 0.5) is 5.13 Å². The van der Waals surface area contributed by atoms with E-state index in [4.69, 9.17) is 0 Å². The number of anilines is 1. The molecule has 2 heterocycles. The van der Waals surface area contributed by atoms with E-state index in [0.717, 1.165) is 22.0 Å². The Balaban J connectivity index is 1.98. The van der Waals surface area contributed by atoms with E-state index in [1.807, 2.05) is 61.9 Å². The quantitative estimate of drug-likeness (QED) is 0.754. The second kappa shape index (κ2) is 6.97. The summed E-state index contributed by atoms with van der Waals surface area (Å²) in [4.78, 5) is 21.0. The summed E-state index contributed by atoms with van der Waals surface area (Å²) < 4.78 is 1.95. The highest BCUT2D eigenvalue weighted by molar-refractivity contribution is 7.18. The van der Waals surface area contributed by atoms with Gasteiger partial charge in [0.25, 0.3) is 0 Å². The summed E-state index contributed by atoms with van der Waals surface area (Å²) in [6.07, 6.45) is 4.22. The number of nitrogens with zero attached hydrogens (tertiary/aromatic N) is 3. The molecule has 3 aromatic rings. The topological polar surface area (TPSA) is 59.8 Å². The molecule has 0 unspecified atom stereocenters. The van der Waals surface area contributed by atoms with Gasteiger partial charge in [-0.25, -0.2) is 9.97 Å². The van der Waals surface area contributed by atoms with Crippen LogP contribution in [0.3, 0.4) is 0 Å². The van der Waals surface area contributed by atoms with Crippen LogP contribution in [0.5, 0.6) is 0 Å². The van der Waals surface area contributed by atoms with Crippen LogP contribution in [0, 0.1) is 12.8 Å². The predicted octanol–water partition coefficient (Wildman–Crippen LogP) is 4.29. The van der Waals surface area contributed by atoms with Gasteiger partial charge < -0.3 is 5.32 Å². The molecule has 124 valence electrons. The van der Waals surface area contributed by atoms with E-state index in [9.17, 15) is 4.79 Å². The predicted molar refractivity (Wildman–Crippen MR) is 97.5 cm³/mol. The smallest absolute Gasteiger partial charge is 0.226 e. The Morgan fingerprint density at radius 1 is 1.29 bits per heavy atom. The molecule has 0 bridgehead atoms. The lowest BCUT2D eigenvalue weighted by molar-refractivity contribution is -0.116. The maximum atomic E-state index is 12.1. The Bertz CT molecular complexity index is 836. The van der Waals surface area contributed by atoms with Gasteiger partial charge >= 0.3 is 0 Å². The van der Waals surface area contributed by atoms with Gasteiger partial charge in [0, 0.05) is 18.2 Å². The van der Waals surface area contributed by atoms with Gasteiger partial charge in [0.15, 0.2) is 5.13 Å². The normalized spacial score (nSPS) is 11.0. The van der Waals surface area contributed by atoms with Gasteiger partial charge in [-0.3, -0.25) is 9.36 Å². The summed E-state index contributed by atoms with van der Waals surface area (Å²) in [6.45, 7) is 6.00. The Morgan fingerprint density at radius 3 is 2.67 bits per heavy atom. The zero-order valence-electron chi connectivity index (χ0n) is 14.0. The number of rotatable bonds is 5. The highest BCUT2D eigenvalue weighted by atomic mass is 32.1. The molecular formula is C18H20N4OS. The molecule has 0 atom stereocenters. The average Bonchev–Trinajstić information content (AvgIpc) is 3.13. The standard InChI is InChI=1S/C18H20N4OS/c1-12(2)9-15(23)20-18-21-16(14-7-5-4-6-8-14)17(24-18)22-10-13(3)19-11-22/h4-8,10-12H,9H2,1-3H3,(H,20,21,23). The first-order valence-corrected chi connectivity index (χ1v) is 8.71. The first-order chi connectivity index (χ1) is 11.5. The molecule has 3 rings (SSSR count). The van der Waals surface area contributed by atoms with Gasteiger partial charge in [0.2, 0.25) is 5.91 Å². The number of nitrogens with one attached hydrogen (secondary N) is 1. The molecule has 0 aliphatic heterocycles. The van der Waals surface area contributed by atoms with Crippen LogP contribution in [0.15, 0.2) is 42.9 Å². The second-order valence-electron chi connectivity index (χ2n) is 6.11. The van der Waals surface area contributed by atoms with E-state index in [0.29, 0.717) is 17.5 Å². The van der Waals surface area contributed by atoms with Crippen molar-refractivity contribution in [2.75, 3.05) is 5.32 Å². The zero-order chi connectivity index (χ0) is 17.1. The van der Waals surface area contributed by atoms with Crippen molar-refractivity contribution in [3.63, 3.8) is 0 Å². The fourth-order valence-electron chi connectivity index (χ4n) is 2.40. The van der Waals surface area contributed by atoms with Crippen molar-refractivity contribution in [2.45, 2.75) is 27.2 Å². The van der Waals surface area contributed by atoms with Gasteiger partial charge in [0.05, 0.1) is 5.69 Å². The number of hydrogen-bond acceptors (Lipinski definition) is 4. The van der Waals surface area contributed by atoms with Gasteiger partial charge in [-0.2, -0.15) is 0 Å². The van der Waals surface area contributed by atoms with E-state index in [2.05, 4.69) is 15.3 Å². The number of aryl methyl sites for hydroxylation is 1. The molecule has 5 nitrogen and oxygen atoms in total. The third-order valence-electron chi connectivity index (χ3n) is 3.44. The molecular weight excluding hydrogens is 320 g/mol. The van der Waals surface area contributed by atoms with Crippen molar-refractivity contribution in [3.8, 4) is 16.3 Å². The van der Waals surface area contributed by atoms with E-state index in [-0.39, 0.29) is 5.91 Å². The van der Waals surface area contributed by atoms with Crippen molar-refractivity contribution in [1.82, 2.24) is 14.5 Å². The van der Waals surface area contributed by atoms with Crippen LogP contribution in [0.1, 0.15) is 26.0 Å². The molecule has 1 amide bonds. The van der Waals surface area contributed by atoms with Crippen molar-refractivity contribution in [1.29, 1.82) is 0 Å². The van der Waals surface area contributed by atoms with Crippen LogP contribution >= 0.6 is 11.3 Å². The minimum absolute atomic E-state index is 0.00766. The highest BCUT2D eigenvalue weighted by Crippen LogP contribution is 2.34. The molecule has 0 saturated heterocycles. The van der Waals surface area contributed by atoms with Crippen LogP contribution < -0.4 is 5.32 Å². The number of carbonyl (C=O) groups is 1. The number of aromatic nitrogens is 3. The molecule has 0 radical (unpaired) electrons. The zero-order valence-corrected chi connectivity index (χ0v) is 14.8. The molecule has 24 heavy (non-hydrogen) atoms. The summed E-state index contributed by atoms with van der Waals surface area (Å²) in [5.41, 5.74) is 2.80. The average molecular weight is 340 g/mol. The summed E-state index contributed by atoms with van der Waals surface area (Å²) in [5.74, 6) is 0.307. The number of imidazole rings is 1. The minimum Gasteiger partial charge on any atom is -0.302 e. The Hall–Kier alpha value is -2.47. The fraction of sp³-hybridized carbons (Fsp3) is 0.278. The summed E-state index contributed by atoms with van der Waals surface area (Å²) in [5, 5.41) is 4.47. The molecule has 0 aliphatic rings. The monoisotopic (exact) mass is 340 g/mol. The molecule has 0 fully saturated rings. The van der Waals surface area contributed by atoms with Crippen molar-refractivity contribution in [3.05, 3.63) is 48.5 Å². The van der Waals surface area contributed by atoms with Gasteiger partial charge in [0.1, 0.15) is 17.0 Å². The summed E-state index contributed by atoms with van der Waals surface area (Å²) in [6, 6.07) is 9.97. The highest BCUT2D eigenvalue weighted by Gasteiger charge is 2.17. The number of benzene rings is 1. The lowest BCUT2D eigenvalue weighted by Gasteiger charge is -2.03. The van der Waals surface area contributed by atoms with Crippen molar-refractivity contribution >= 4 is 22.4 Å². The molecule has 0 saturated carbocycles. The largest absolute Gasteiger partial charge is 0.302 e. The number of carbonyl (C=O) groups excluding carboxylic acids is 1. The first kappa shape index (κ1) is 16.4. The lowest BCUT2D eigenvalue weighted by Crippen LogP contribution is -2.13. The summed E-state index contributed by atoms with van der Waals surface area (Å²) in [7, 11) is 0. The molecule has 6 heteroatoms. The Morgan fingerprint density at radius 2 is 2.04 bits per heavy atom. The van der Waals surface area contributed by atoms with E-state index in [1.165, 1.54) is 11.3 Å². The molecule has 1 aromatic carbocycles. The third-order valence-corrected chi connectivity index (χ3v) is 4.43. The number of thiazole rings is 1. The third kappa shape index (κ3) is 3.71. The van der Waals surface area contributed by atoms with Gasteiger partial charge in [-0.1, -0.05) is 55.5 Å². The molecule has 0 spiro atoms. The Labute approximate surface area is 145 Å². The SMILES string of the molecule is Cc1cn(-c2sc(NC(=O)CC(C)C)nc2-c2ccccc2)cn1. The molecule has 0 aliphatic carbocycles. The van der Waals surface area contributed by atoms with E-state index in [1.54, 1.807) is 6.33 Å². The number of amides is 1.